The van der Waals surface area contributed by atoms with Gasteiger partial charge in [0, 0.05) is 30.7 Å². The van der Waals surface area contributed by atoms with Gasteiger partial charge in [-0.3, -0.25) is 0 Å². The van der Waals surface area contributed by atoms with Crippen molar-refractivity contribution < 1.29 is 9.18 Å². The van der Waals surface area contributed by atoms with E-state index in [1.807, 2.05) is 19.1 Å². The zero-order valence-electron chi connectivity index (χ0n) is 13.2. The third kappa shape index (κ3) is 3.52. The van der Waals surface area contributed by atoms with E-state index < -0.39 is 5.82 Å². The molecule has 122 valence electrons. The van der Waals surface area contributed by atoms with Gasteiger partial charge in [-0.25, -0.2) is 14.2 Å². The third-order valence-corrected chi connectivity index (χ3v) is 3.95. The number of fused-ring (bicyclic) bond motifs is 1. The summed E-state index contributed by atoms with van der Waals surface area (Å²) in [5.74, 6) is 0.393. The van der Waals surface area contributed by atoms with Crippen LogP contribution in [0.1, 0.15) is 26.2 Å². The maximum Gasteiger partial charge on any atom is 0.319 e. The van der Waals surface area contributed by atoms with Crippen LogP contribution in [-0.2, 0) is 0 Å². The molecule has 1 aliphatic rings. The van der Waals surface area contributed by atoms with Crippen LogP contribution in [0.3, 0.4) is 0 Å². The molecule has 2 aromatic rings. The number of carbonyl (C=O) groups is 1. The normalized spacial score (nSPS) is 14.3. The van der Waals surface area contributed by atoms with Crippen molar-refractivity contribution in [2.24, 2.45) is 0 Å². The summed E-state index contributed by atoms with van der Waals surface area (Å²) in [5.41, 5.74) is 0.772. The third-order valence-electron chi connectivity index (χ3n) is 3.95. The molecule has 0 spiro atoms. The lowest BCUT2D eigenvalue weighted by Crippen LogP contribution is -2.29. The number of pyridine rings is 1. The first-order valence-electron chi connectivity index (χ1n) is 8.07. The monoisotopic (exact) mass is 316 g/mol. The lowest BCUT2D eigenvalue weighted by molar-refractivity contribution is 0.252. The molecule has 0 saturated carbocycles. The fourth-order valence-corrected chi connectivity index (χ4v) is 2.79. The molecule has 1 aliphatic heterocycles. The van der Waals surface area contributed by atoms with Crippen molar-refractivity contribution in [3.05, 3.63) is 30.1 Å². The molecule has 0 unspecified atom stereocenters. The number of nitrogens with zero attached hydrogens (tertiary/aromatic N) is 2. The molecule has 2 heterocycles. The van der Waals surface area contributed by atoms with Gasteiger partial charge in [0.05, 0.1) is 0 Å². The lowest BCUT2D eigenvalue weighted by atomic mass is 10.2. The lowest BCUT2D eigenvalue weighted by Gasteiger charge is -2.17. The summed E-state index contributed by atoms with van der Waals surface area (Å²) in [6, 6.07) is 6.49. The van der Waals surface area contributed by atoms with Crippen LogP contribution in [0.2, 0.25) is 0 Å². The standard InChI is InChI=1S/C17H21FN4O/c1-2-7-19-17(23)20-13-10-12-5-6-15(22-8-3-4-9-22)21-16(12)14(18)11-13/h5-6,10-11H,2-4,7-9H2,1H3,(H2,19,20,23). The van der Waals surface area contributed by atoms with E-state index in [-0.39, 0.29) is 6.03 Å². The van der Waals surface area contributed by atoms with Gasteiger partial charge in [0.1, 0.15) is 11.3 Å². The topological polar surface area (TPSA) is 57.3 Å². The summed E-state index contributed by atoms with van der Waals surface area (Å²) in [5, 5.41) is 6.03. The van der Waals surface area contributed by atoms with Gasteiger partial charge in [-0.2, -0.15) is 0 Å². The molecule has 1 aromatic heterocycles. The molecule has 0 atom stereocenters. The average molecular weight is 316 g/mol. The van der Waals surface area contributed by atoms with Crippen molar-refractivity contribution in [3.63, 3.8) is 0 Å². The van der Waals surface area contributed by atoms with E-state index in [1.165, 1.54) is 6.07 Å². The van der Waals surface area contributed by atoms with Crippen LogP contribution >= 0.6 is 0 Å². The first kappa shape index (κ1) is 15.5. The summed E-state index contributed by atoms with van der Waals surface area (Å²) in [6.07, 6.45) is 3.15. The Morgan fingerprint density at radius 2 is 2.09 bits per heavy atom. The number of halogens is 1. The van der Waals surface area contributed by atoms with E-state index >= 15 is 0 Å². The zero-order valence-corrected chi connectivity index (χ0v) is 13.2. The average Bonchev–Trinajstić information content (AvgIpc) is 3.07. The van der Waals surface area contributed by atoms with Crippen molar-refractivity contribution in [2.75, 3.05) is 29.9 Å². The van der Waals surface area contributed by atoms with Crippen LogP contribution in [0.25, 0.3) is 10.9 Å². The van der Waals surface area contributed by atoms with Crippen molar-refractivity contribution in [1.82, 2.24) is 10.3 Å². The van der Waals surface area contributed by atoms with Gasteiger partial charge in [0.2, 0.25) is 0 Å². The second kappa shape index (κ2) is 6.81. The SMILES string of the molecule is CCCNC(=O)Nc1cc(F)c2nc(N3CCCC3)ccc2c1. The Balaban J connectivity index is 1.84. The van der Waals surface area contributed by atoms with E-state index in [9.17, 15) is 9.18 Å². The highest BCUT2D eigenvalue weighted by Crippen LogP contribution is 2.26. The summed E-state index contributed by atoms with van der Waals surface area (Å²) in [4.78, 5) is 18.3. The van der Waals surface area contributed by atoms with E-state index in [4.69, 9.17) is 0 Å². The minimum atomic E-state index is -0.422. The Bertz CT molecular complexity index is 713. The van der Waals surface area contributed by atoms with E-state index in [2.05, 4.69) is 20.5 Å². The Hall–Kier alpha value is -2.37. The highest BCUT2D eigenvalue weighted by molar-refractivity contribution is 5.93. The van der Waals surface area contributed by atoms with Crippen molar-refractivity contribution in [1.29, 1.82) is 0 Å². The molecule has 2 N–H and O–H groups in total. The molecule has 2 amide bonds. The number of nitrogens with one attached hydrogen (secondary N) is 2. The smallest absolute Gasteiger partial charge is 0.319 e. The Labute approximate surface area is 134 Å². The molecule has 0 bridgehead atoms. The molecular weight excluding hydrogens is 295 g/mol. The number of rotatable bonds is 4. The number of amides is 2. The number of benzene rings is 1. The highest BCUT2D eigenvalue weighted by atomic mass is 19.1. The first-order chi connectivity index (χ1) is 11.2. The van der Waals surface area contributed by atoms with Gasteiger partial charge in [0.15, 0.2) is 5.82 Å². The molecule has 1 saturated heterocycles. The van der Waals surface area contributed by atoms with Crippen LogP contribution < -0.4 is 15.5 Å². The second-order valence-corrected chi connectivity index (χ2v) is 5.77. The van der Waals surface area contributed by atoms with Gasteiger partial charge in [-0.15, -0.1) is 0 Å². The number of urea groups is 1. The summed E-state index contributed by atoms with van der Waals surface area (Å²) in [7, 11) is 0. The Kier molecular flexibility index (Phi) is 4.60. The van der Waals surface area contributed by atoms with E-state index in [1.54, 1.807) is 6.07 Å². The van der Waals surface area contributed by atoms with Gasteiger partial charge in [-0.05, 0) is 43.5 Å². The molecule has 0 aliphatic carbocycles. The predicted molar refractivity (Wildman–Crippen MR) is 90.5 cm³/mol. The minimum absolute atomic E-state index is 0.327. The molecule has 3 rings (SSSR count). The van der Waals surface area contributed by atoms with Gasteiger partial charge in [0.25, 0.3) is 0 Å². The minimum Gasteiger partial charge on any atom is -0.357 e. The number of aromatic nitrogens is 1. The zero-order chi connectivity index (χ0) is 16.2. The van der Waals surface area contributed by atoms with Gasteiger partial charge in [-0.1, -0.05) is 6.92 Å². The Morgan fingerprint density at radius 3 is 2.83 bits per heavy atom. The van der Waals surface area contributed by atoms with Crippen LogP contribution in [0.5, 0.6) is 0 Å². The van der Waals surface area contributed by atoms with Gasteiger partial charge >= 0.3 is 6.03 Å². The van der Waals surface area contributed by atoms with Crippen LogP contribution in [-0.4, -0.2) is 30.6 Å². The molecule has 5 nitrogen and oxygen atoms in total. The summed E-state index contributed by atoms with van der Waals surface area (Å²) in [6.45, 7) is 4.50. The summed E-state index contributed by atoms with van der Waals surface area (Å²) >= 11 is 0. The molecule has 0 radical (unpaired) electrons. The van der Waals surface area contributed by atoms with Crippen molar-refractivity contribution >= 4 is 28.4 Å². The number of anilines is 2. The second-order valence-electron chi connectivity index (χ2n) is 5.77. The quantitative estimate of drug-likeness (QED) is 0.907. The molecular formula is C17H21FN4O. The fourth-order valence-electron chi connectivity index (χ4n) is 2.79. The number of carbonyl (C=O) groups excluding carboxylic acids is 1. The largest absolute Gasteiger partial charge is 0.357 e. The summed E-state index contributed by atoms with van der Waals surface area (Å²) < 4.78 is 14.4. The molecule has 1 fully saturated rings. The van der Waals surface area contributed by atoms with Crippen LogP contribution in [0.4, 0.5) is 20.7 Å². The van der Waals surface area contributed by atoms with Gasteiger partial charge < -0.3 is 15.5 Å². The maximum atomic E-state index is 14.4. The van der Waals surface area contributed by atoms with E-state index in [0.717, 1.165) is 38.2 Å². The first-order valence-corrected chi connectivity index (χ1v) is 8.07. The van der Waals surface area contributed by atoms with Crippen molar-refractivity contribution in [2.45, 2.75) is 26.2 Å². The number of hydrogen-bond acceptors (Lipinski definition) is 3. The Morgan fingerprint density at radius 1 is 1.30 bits per heavy atom. The predicted octanol–water partition coefficient (Wildman–Crippen LogP) is 3.51. The molecule has 23 heavy (non-hydrogen) atoms. The molecule has 6 heteroatoms. The number of hydrogen-bond donors (Lipinski definition) is 2. The van der Waals surface area contributed by atoms with E-state index in [0.29, 0.717) is 23.1 Å². The van der Waals surface area contributed by atoms with Crippen LogP contribution in [0.15, 0.2) is 24.3 Å². The van der Waals surface area contributed by atoms with Crippen LogP contribution in [0, 0.1) is 5.82 Å². The fraction of sp³-hybridized carbons (Fsp3) is 0.412. The highest BCUT2D eigenvalue weighted by Gasteiger charge is 2.15. The maximum absolute atomic E-state index is 14.4. The van der Waals surface area contributed by atoms with Crippen molar-refractivity contribution in [3.8, 4) is 0 Å². The molecule has 1 aromatic carbocycles.